The normalized spacial score (nSPS) is 9.09. The van der Waals surface area contributed by atoms with Crippen LogP contribution in [0.25, 0.3) is 0 Å². The molecule has 0 saturated carbocycles. The van der Waals surface area contributed by atoms with Gasteiger partial charge in [0.1, 0.15) is 5.75 Å². The topological polar surface area (TPSA) is 78.3 Å². The van der Waals surface area contributed by atoms with Crippen molar-refractivity contribution in [3.05, 3.63) is 60.0 Å². The van der Waals surface area contributed by atoms with E-state index in [0.29, 0.717) is 22.7 Å². The van der Waals surface area contributed by atoms with Crippen LogP contribution in [0.2, 0.25) is 0 Å². The van der Waals surface area contributed by atoms with Gasteiger partial charge in [-0.05, 0) is 11.6 Å². The first-order valence-electron chi connectivity index (χ1n) is 6.53. The number of carbonyl (C=O) groups excluding carboxylic acids is 1. The summed E-state index contributed by atoms with van der Waals surface area (Å²) in [5, 5.41) is 0. The maximum atomic E-state index is 12.0. The molecule has 0 aliphatic carbocycles. The number of hydrogen-bond donors (Lipinski definition) is 2. The number of hydrogen-bond acceptors (Lipinski definition) is 4. The zero-order valence-electron chi connectivity index (χ0n) is 12.9. The summed E-state index contributed by atoms with van der Waals surface area (Å²) in [4.78, 5) is 12.0. The van der Waals surface area contributed by atoms with Crippen molar-refractivity contribution in [1.82, 2.24) is 0 Å². The summed E-state index contributed by atoms with van der Waals surface area (Å²) >= 11 is 0. The molecule has 118 valence electrons. The molecule has 4 N–H and O–H groups in total. The second-order valence-corrected chi connectivity index (χ2v) is 4.42. The van der Waals surface area contributed by atoms with Gasteiger partial charge in [0.25, 0.3) is 5.97 Å². The van der Waals surface area contributed by atoms with Crippen LogP contribution in [0.3, 0.4) is 0 Å². The van der Waals surface area contributed by atoms with Crippen molar-refractivity contribution in [2.24, 2.45) is 0 Å². The van der Waals surface area contributed by atoms with Crippen molar-refractivity contribution in [2.75, 3.05) is 11.5 Å². The SMILES string of the molecule is Cc1[c-]cc(C(=O)Oc2cc(N)cc(N)c2)cc1C.[CH2-]C.[Os+2]. The third-order valence-corrected chi connectivity index (χ3v) is 2.81. The van der Waals surface area contributed by atoms with Crippen molar-refractivity contribution >= 4 is 17.3 Å². The number of nitrogen functional groups attached to an aromatic ring is 2. The molecular formula is C17H20N2O2Os. The van der Waals surface area contributed by atoms with Crippen LogP contribution in [0.5, 0.6) is 5.75 Å². The molecule has 0 saturated heterocycles. The Bertz CT molecular complexity index is 622. The van der Waals surface area contributed by atoms with Gasteiger partial charge < -0.3 is 23.1 Å². The Morgan fingerprint density at radius 1 is 1.09 bits per heavy atom. The fraction of sp³-hybridized carbons (Fsp3) is 0.176. The smallest absolute Gasteiger partial charge is 0.432 e. The van der Waals surface area contributed by atoms with Gasteiger partial charge in [0.2, 0.25) is 0 Å². The predicted molar refractivity (Wildman–Crippen MR) is 86.0 cm³/mol. The van der Waals surface area contributed by atoms with Crippen LogP contribution >= 0.6 is 0 Å². The molecule has 22 heavy (non-hydrogen) atoms. The molecule has 0 unspecified atom stereocenters. The molecule has 2 aromatic carbocycles. The minimum absolute atomic E-state index is 0. The molecule has 0 atom stereocenters. The van der Waals surface area contributed by atoms with Crippen LogP contribution in [0.15, 0.2) is 30.3 Å². The number of nitrogens with two attached hydrogens (primary N) is 2. The van der Waals surface area contributed by atoms with E-state index in [1.165, 1.54) is 0 Å². The van der Waals surface area contributed by atoms with Gasteiger partial charge in [0.15, 0.2) is 0 Å². The number of rotatable bonds is 2. The van der Waals surface area contributed by atoms with Crippen LogP contribution in [0.1, 0.15) is 28.4 Å². The van der Waals surface area contributed by atoms with E-state index in [4.69, 9.17) is 16.2 Å². The van der Waals surface area contributed by atoms with Crippen molar-refractivity contribution in [3.63, 3.8) is 0 Å². The fourth-order valence-electron chi connectivity index (χ4n) is 1.67. The maximum Gasteiger partial charge on any atom is 2.00 e. The van der Waals surface area contributed by atoms with Gasteiger partial charge in [-0.25, -0.2) is 0 Å². The first kappa shape index (κ1) is 20.1. The summed E-state index contributed by atoms with van der Waals surface area (Å²) in [6.45, 7) is 8.85. The van der Waals surface area contributed by atoms with E-state index in [0.717, 1.165) is 11.1 Å². The molecule has 4 nitrogen and oxygen atoms in total. The second kappa shape index (κ2) is 9.22. The maximum absolute atomic E-state index is 12.0. The Labute approximate surface area is 144 Å². The summed E-state index contributed by atoms with van der Waals surface area (Å²) in [5.41, 5.74) is 14.6. The molecule has 0 aliphatic heterocycles. The van der Waals surface area contributed by atoms with Crippen molar-refractivity contribution < 1.29 is 29.3 Å². The predicted octanol–water partition coefficient (Wildman–Crippen LogP) is 3.33. The van der Waals surface area contributed by atoms with Crippen LogP contribution in [0, 0.1) is 26.8 Å². The summed E-state index contributed by atoms with van der Waals surface area (Å²) in [5.74, 6) is -0.120. The first-order chi connectivity index (χ1) is 9.95. The average Bonchev–Trinajstić information content (AvgIpc) is 2.43. The van der Waals surface area contributed by atoms with Crippen LogP contribution in [0.4, 0.5) is 11.4 Å². The zero-order chi connectivity index (χ0) is 16.0. The number of esters is 1. The summed E-state index contributed by atoms with van der Waals surface area (Å²) in [7, 11) is 0. The standard InChI is InChI=1S/C15H15N2O2.C2H5.Os/c1-9-3-4-11(5-10(9)2)15(18)19-14-7-12(16)6-13(17)8-14;1-2;/h4-8H,16-17H2,1-2H3;1H2,2H3;/q2*-1;+2. The summed E-state index contributed by atoms with van der Waals surface area (Å²) in [6, 6.07) is 11.1. The monoisotopic (exact) mass is 476 g/mol. The Morgan fingerprint density at radius 3 is 2.14 bits per heavy atom. The first-order valence-corrected chi connectivity index (χ1v) is 6.53. The number of aryl methyl sites for hydroxylation is 2. The van der Waals surface area contributed by atoms with Gasteiger partial charge in [-0.3, -0.25) is 4.79 Å². The molecule has 0 bridgehead atoms. The van der Waals surface area contributed by atoms with E-state index in [1.54, 1.807) is 37.3 Å². The van der Waals surface area contributed by atoms with E-state index in [2.05, 4.69) is 13.0 Å². The van der Waals surface area contributed by atoms with Gasteiger partial charge in [0, 0.05) is 23.5 Å². The van der Waals surface area contributed by atoms with Gasteiger partial charge in [-0.15, -0.1) is 0 Å². The number of anilines is 2. The number of carbonyl (C=O) groups is 1. The zero-order valence-corrected chi connectivity index (χ0v) is 15.5. The minimum Gasteiger partial charge on any atom is -0.432 e. The van der Waals surface area contributed by atoms with Gasteiger partial charge in [-0.2, -0.15) is 36.2 Å². The molecule has 0 aliphatic rings. The Kier molecular flexibility index (Phi) is 8.45. The molecule has 0 heterocycles. The third-order valence-electron chi connectivity index (χ3n) is 2.81. The second-order valence-electron chi connectivity index (χ2n) is 4.42. The minimum atomic E-state index is -0.454. The number of ether oxygens (including phenoxy) is 1. The molecule has 0 radical (unpaired) electrons. The van der Waals surface area contributed by atoms with Crippen molar-refractivity contribution in [3.8, 4) is 5.75 Å². The van der Waals surface area contributed by atoms with Gasteiger partial charge in [0.05, 0.1) is 0 Å². The molecule has 0 fully saturated rings. The Balaban J connectivity index is 0.00000141. The van der Waals surface area contributed by atoms with Crippen LogP contribution in [-0.4, -0.2) is 5.97 Å². The Hall–Kier alpha value is -1.85. The van der Waals surface area contributed by atoms with E-state index in [1.807, 2.05) is 13.8 Å². The van der Waals surface area contributed by atoms with Crippen molar-refractivity contribution in [2.45, 2.75) is 20.8 Å². The van der Waals surface area contributed by atoms with E-state index >= 15 is 0 Å². The molecule has 0 spiro atoms. The molecule has 5 heteroatoms. The quantitative estimate of drug-likeness (QED) is 0.303. The van der Waals surface area contributed by atoms with Crippen molar-refractivity contribution in [1.29, 1.82) is 0 Å². The molecular weight excluding hydrogens is 454 g/mol. The van der Waals surface area contributed by atoms with Gasteiger partial charge >= 0.3 is 19.8 Å². The third kappa shape index (κ3) is 5.50. The largest absolute Gasteiger partial charge is 2.00 e. The summed E-state index contributed by atoms with van der Waals surface area (Å²) < 4.78 is 5.24. The van der Waals surface area contributed by atoms with Gasteiger partial charge in [-0.1, -0.05) is 13.8 Å². The molecule has 2 aromatic rings. The van der Waals surface area contributed by atoms with E-state index in [9.17, 15) is 4.79 Å². The van der Waals surface area contributed by atoms with Crippen LogP contribution < -0.4 is 16.2 Å². The number of benzene rings is 2. The fourth-order valence-corrected chi connectivity index (χ4v) is 1.67. The van der Waals surface area contributed by atoms with E-state index < -0.39 is 5.97 Å². The average molecular weight is 475 g/mol. The molecule has 2 rings (SSSR count). The van der Waals surface area contributed by atoms with Crippen LogP contribution in [-0.2, 0) is 19.8 Å². The van der Waals surface area contributed by atoms with E-state index in [-0.39, 0.29) is 19.8 Å². The summed E-state index contributed by atoms with van der Waals surface area (Å²) in [6.07, 6.45) is 0. The molecule has 0 aromatic heterocycles. The molecule has 0 amide bonds. The Morgan fingerprint density at radius 2 is 1.64 bits per heavy atom.